The Kier molecular flexibility index (Phi) is 3.97. The summed E-state index contributed by atoms with van der Waals surface area (Å²) in [5.74, 6) is -1.09. The second-order valence-electron chi connectivity index (χ2n) is 2.91. The molecule has 0 unspecified atom stereocenters. The molecule has 0 saturated heterocycles. The molecule has 0 radical (unpaired) electrons. The largest absolute Gasteiger partial charge is 0.466 e. The molecule has 0 aliphatic carbocycles. The Bertz CT molecular complexity index is 374. The van der Waals surface area contributed by atoms with Crippen LogP contribution in [0.4, 0.5) is 4.39 Å². The molecule has 0 heterocycles. The average Bonchev–Trinajstić information content (AvgIpc) is 2.18. The minimum Gasteiger partial charge on any atom is -0.466 e. The summed E-state index contributed by atoms with van der Waals surface area (Å²) in [6.07, 6.45) is 0.323. The van der Waals surface area contributed by atoms with E-state index < -0.39 is 11.8 Å². The number of aldehydes is 1. The van der Waals surface area contributed by atoms with Crippen molar-refractivity contribution in [3.63, 3.8) is 0 Å². The van der Waals surface area contributed by atoms with Crippen molar-refractivity contribution >= 4 is 12.3 Å². The topological polar surface area (TPSA) is 43.4 Å². The van der Waals surface area contributed by atoms with Crippen molar-refractivity contribution in [1.29, 1.82) is 0 Å². The van der Waals surface area contributed by atoms with E-state index in [9.17, 15) is 14.0 Å². The van der Waals surface area contributed by atoms with E-state index in [0.29, 0.717) is 11.8 Å². The van der Waals surface area contributed by atoms with Crippen molar-refractivity contribution in [3.05, 3.63) is 35.1 Å². The Balaban J connectivity index is 2.89. The van der Waals surface area contributed by atoms with Crippen LogP contribution in [0, 0.1) is 5.82 Å². The Hall–Kier alpha value is -1.71. The van der Waals surface area contributed by atoms with Gasteiger partial charge in [0.05, 0.1) is 18.6 Å². The van der Waals surface area contributed by atoms with Crippen molar-refractivity contribution in [1.82, 2.24) is 0 Å². The quantitative estimate of drug-likeness (QED) is 0.561. The molecule has 4 heteroatoms. The maximum Gasteiger partial charge on any atom is 0.310 e. The molecule has 0 saturated carbocycles. The minimum atomic E-state index is -0.619. The van der Waals surface area contributed by atoms with E-state index in [0.717, 1.165) is 0 Å². The molecule has 1 aromatic carbocycles. The Morgan fingerprint density at radius 3 is 2.87 bits per heavy atom. The van der Waals surface area contributed by atoms with E-state index >= 15 is 0 Å². The molecule has 0 bridgehead atoms. The number of ether oxygens (including phenoxy) is 1. The molecular formula is C11H11FO3. The van der Waals surface area contributed by atoms with Gasteiger partial charge in [-0.1, -0.05) is 12.1 Å². The van der Waals surface area contributed by atoms with Crippen LogP contribution in [0.2, 0.25) is 0 Å². The van der Waals surface area contributed by atoms with Crippen molar-refractivity contribution in [2.24, 2.45) is 0 Å². The first-order valence-electron chi connectivity index (χ1n) is 4.57. The standard InChI is InChI=1S/C11H11FO3/c1-2-15-11(14)6-8-4-3-5-10(12)9(8)7-13/h3-5,7H,2,6H2,1H3. The summed E-state index contributed by atoms with van der Waals surface area (Å²) in [4.78, 5) is 21.7. The fourth-order valence-electron chi connectivity index (χ4n) is 1.24. The van der Waals surface area contributed by atoms with E-state index in [-0.39, 0.29) is 18.6 Å². The third-order valence-corrected chi connectivity index (χ3v) is 1.90. The van der Waals surface area contributed by atoms with Gasteiger partial charge in [-0.2, -0.15) is 0 Å². The van der Waals surface area contributed by atoms with Gasteiger partial charge in [0.25, 0.3) is 0 Å². The molecule has 80 valence electrons. The maximum absolute atomic E-state index is 13.1. The van der Waals surface area contributed by atoms with Gasteiger partial charge in [0.1, 0.15) is 5.82 Å². The third-order valence-electron chi connectivity index (χ3n) is 1.90. The summed E-state index contributed by atoms with van der Waals surface area (Å²) >= 11 is 0. The molecule has 0 aliphatic rings. The molecule has 0 spiro atoms. The molecule has 1 aromatic rings. The predicted octanol–water partition coefficient (Wildman–Crippen LogP) is 1.74. The summed E-state index contributed by atoms with van der Waals surface area (Å²) in [7, 11) is 0. The molecule has 15 heavy (non-hydrogen) atoms. The lowest BCUT2D eigenvalue weighted by Gasteiger charge is -2.04. The van der Waals surface area contributed by atoms with Crippen LogP contribution in [-0.2, 0) is 16.0 Å². The van der Waals surface area contributed by atoms with Gasteiger partial charge in [0, 0.05) is 0 Å². The van der Waals surface area contributed by atoms with Gasteiger partial charge >= 0.3 is 5.97 Å². The zero-order valence-electron chi connectivity index (χ0n) is 8.33. The minimum absolute atomic E-state index is 0.0782. The van der Waals surface area contributed by atoms with Crippen LogP contribution >= 0.6 is 0 Å². The second kappa shape index (κ2) is 5.24. The van der Waals surface area contributed by atoms with Crippen molar-refractivity contribution < 1.29 is 18.7 Å². The number of hydrogen-bond acceptors (Lipinski definition) is 3. The molecule has 3 nitrogen and oxygen atoms in total. The zero-order chi connectivity index (χ0) is 11.3. The smallest absolute Gasteiger partial charge is 0.310 e. The lowest BCUT2D eigenvalue weighted by atomic mass is 10.1. The lowest BCUT2D eigenvalue weighted by molar-refractivity contribution is -0.142. The molecule has 0 fully saturated rings. The number of rotatable bonds is 4. The summed E-state index contributed by atoms with van der Waals surface area (Å²) in [5.41, 5.74) is 0.272. The highest BCUT2D eigenvalue weighted by molar-refractivity contribution is 5.82. The van der Waals surface area contributed by atoms with Crippen LogP contribution in [0.25, 0.3) is 0 Å². The SMILES string of the molecule is CCOC(=O)Cc1cccc(F)c1C=O. The van der Waals surface area contributed by atoms with Gasteiger partial charge in [-0.25, -0.2) is 4.39 Å². The van der Waals surface area contributed by atoms with Crippen LogP contribution in [-0.4, -0.2) is 18.9 Å². The highest BCUT2D eigenvalue weighted by Crippen LogP contribution is 2.12. The van der Waals surface area contributed by atoms with Gasteiger partial charge in [-0.15, -0.1) is 0 Å². The number of hydrogen-bond donors (Lipinski definition) is 0. The number of carbonyl (C=O) groups excluding carboxylic acids is 2. The fourth-order valence-corrected chi connectivity index (χ4v) is 1.24. The number of benzene rings is 1. The maximum atomic E-state index is 13.1. The first kappa shape index (κ1) is 11.4. The predicted molar refractivity (Wildman–Crippen MR) is 52.1 cm³/mol. The summed E-state index contributed by atoms with van der Waals surface area (Å²) < 4.78 is 17.8. The summed E-state index contributed by atoms with van der Waals surface area (Å²) in [6, 6.07) is 4.17. The summed E-state index contributed by atoms with van der Waals surface area (Å²) in [6.45, 7) is 1.95. The average molecular weight is 210 g/mol. The molecule has 0 aliphatic heterocycles. The summed E-state index contributed by atoms with van der Waals surface area (Å²) in [5, 5.41) is 0. The Morgan fingerprint density at radius 1 is 1.53 bits per heavy atom. The highest BCUT2D eigenvalue weighted by atomic mass is 19.1. The van der Waals surface area contributed by atoms with Gasteiger partial charge < -0.3 is 4.74 Å². The van der Waals surface area contributed by atoms with Gasteiger partial charge in [-0.3, -0.25) is 9.59 Å². The molecule has 0 N–H and O–H groups in total. The van der Waals surface area contributed by atoms with Crippen LogP contribution in [0.3, 0.4) is 0 Å². The van der Waals surface area contributed by atoms with Crippen molar-refractivity contribution in [2.75, 3.05) is 6.61 Å². The first-order valence-corrected chi connectivity index (χ1v) is 4.57. The normalized spacial score (nSPS) is 9.73. The van der Waals surface area contributed by atoms with Crippen LogP contribution in [0.5, 0.6) is 0 Å². The van der Waals surface area contributed by atoms with Crippen molar-refractivity contribution in [3.8, 4) is 0 Å². The molecule has 1 rings (SSSR count). The fraction of sp³-hybridized carbons (Fsp3) is 0.273. The zero-order valence-corrected chi connectivity index (χ0v) is 8.33. The Labute approximate surface area is 86.9 Å². The Morgan fingerprint density at radius 2 is 2.27 bits per heavy atom. The van der Waals surface area contributed by atoms with Gasteiger partial charge in [0.15, 0.2) is 6.29 Å². The molecule has 0 atom stereocenters. The van der Waals surface area contributed by atoms with Gasteiger partial charge in [0.2, 0.25) is 0 Å². The van der Waals surface area contributed by atoms with E-state index in [2.05, 4.69) is 0 Å². The van der Waals surface area contributed by atoms with E-state index in [1.807, 2.05) is 0 Å². The monoisotopic (exact) mass is 210 g/mol. The van der Waals surface area contributed by atoms with Crippen LogP contribution in [0.15, 0.2) is 18.2 Å². The molecule has 0 aromatic heterocycles. The first-order chi connectivity index (χ1) is 7.19. The number of carbonyl (C=O) groups is 2. The third kappa shape index (κ3) is 2.87. The van der Waals surface area contributed by atoms with Crippen LogP contribution < -0.4 is 0 Å². The van der Waals surface area contributed by atoms with E-state index in [4.69, 9.17) is 4.74 Å². The van der Waals surface area contributed by atoms with Crippen LogP contribution in [0.1, 0.15) is 22.8 Å². The van der Waals surface area contributed by atoms with Crippen molar-refractivity contribution in [2.45, 2.75) is 13.3 Å². The van der Waals surface area contributed by atoms with Gasteiger partial charge in [-0.05, 0) is 18.6 Å². The number of halogens is 1. The molecule has 0 amide bonds. The van der Waals surface area contributed by atoms with E-state index in [1.54, 1.807) is 6.92 Å². The molecular weight excluding hydrogens is 199 g/mol. The highest BCUT2D eigenvalue weighted by Gasteiger charge is 2.11. The number of esters is 1. The second-order valence-corrected chi connectivity index (χ2v) is 2.91. The lowest BCUT2D eigenvalue weighted by Crippen LogP contribution is -2.09. The van der Waals surface area contributed by atoms with E-state index in [1.165, 1.54) is 18.2 Å².